The van der Waals surface area contributed by atoms with E-state index < -0.39 is 12.0 Å². The van der Waals surface area contributed by atoms with Gasteiger partial charge in [0.25, 0.3) is 0 Å². The summed E-state index contributed by atoms with van der Waals surface area (Å²) in [5, 5.41) is 0.374. The van der Waals surface area contributed by atoms with Gasteiger partial charge in [0.05, 0.1) is 29.2 Å². The number of ether oxygens (including phenoxy) is 2. The molecule has 2 heterocycles. The van der Waals surface area contributed by atoms with Gasteiger partial charge in [-0.2, -0.15) is 0 Å². The average Bonchev–Trinajstić information content (AvgIpc) is 3.02. The first-order valence-electron chi connectivity index (χ1n) is 10.3. The number of esters is 1. The highest BCUT2D eigenvalue weighted by atomic mass is 32.2. The lowest BCUT2D eigenvalue weighted by atomic mass is 9.94. The minimum Gasteiger partial charge on any atom is -0.494 e. The van der Waals surface area contributed by atoms with Gasteiger partial charge in [-0.1, -0.05) is 56.3 Å². The summed E-state index contributed by atoms with van der Waals surface area (Å²) in [6.07, 6.45) is 4.81. The maximum atomic E-state index is 12.9. The third-order valence-electron chi connectivity index (χ3n) is 5.02. The molecule has 160 valence electrons. The van der Waals surface area contributed by atoms with Crippen molar-refractivity contribution in [3.05, 3.63) is 53.8 Å². The highest BCUT2D eigenvalue weighted by Crippen LogP contribution is 2.43. The number of rotatable bonds is 9. The molecule has 2 aliphatic heterocycles. The highest BCUT2D eigenvalue weighted by molar-refractivity contribution is 8.15. The average molecular weight is 429 g/mol. The van der Waals surface area contributed by atoms with Crippen LogP contribution in [0.2, 0.25) is 0 Å². The lowest BCUT2D eigenvalue weighted by molar-refractivity contribution is -0.139. The fraction of sp³-hybridized carbons (Fsp3) is 0.435. The molecule has 0 bridgehead atoms. The van der Waals surface area contributed by atoms with Gasteiger partial charge in [0, 0.05) is 0 Å². The molecule has 1 saturated heterocycles. The summed E-state index contributed by atoms with van der Waals surface area (Å²) in [6, 6.07) is 6.99. The standard InChI is InChI=1S/C23H28N2O4S/c1-5-7-8-14-28-18-11-9-17(10-12-18)20-19(22(27)29-13-6-2)15(3)24-23-25(20)21(26)16(4)30-23/h6,9-12,16,20H,2,5,7-8,13-14H2,1,3-4H3. The number of hydrogen-bond donors (Lipinski definition) is 0. The zero-order valence-corrected chi connectivity index (χ0v) is 18.5. The van der Waals surface area contributed by atoms with Gasteiger partial charge in [0.15, 0.2) is 5.17 Å². The summed E-state index contributed by atoms with van der Waals surface area (Å²) in [6.45, 7) is 10.1. The summed E-state index contributed by atoms with van der Waals surface area (Å²) >= 11 is 1.41. The van der Waals surface area contributed by atoms with Gasteiger partial charge in [-0.25, -0.2) is 9.79 Å². The van der Waals surface area contributed by atoms with Crippen LogP contribution < -0.4 is 4.74 Å². The van der Waals surface area contributed by atoms with E-state index in [2.05, 4.69) is 18.5 Å². The molecule has 2 unspecified atom stereocenters. The Morgan fingerprint density at radius 2 is 2.03 bits per heavy atom. The van der Waals surface area contributed by atoms with Crippen LogP contribution in [0.1, 0.15) is 51.6 Å². The van der Waals surface area contributed by atoms with Crippen molar-refractivity contribution in [2.45, 2.75) is 51.3 Å². The van der Waals surface area contributed by atoms with Gasteiger partial charge >= 0.3 is 5.97 Å². The van der Waals surface area contributed by atoms with Crippen LogP contribution in [0.15, 0.2) is 53.2 Å². The van der Waals surface area contributed by atoms with E-state index in [-0.39, 0.29) is 17.8 Å². The number of nitrogens with zero attached hydrogens (tertiary/aromatic N) is 2. The van der Waals surface area contributed by atoms with Gasteiger partial charge in [-0.15, -0.1) is 0 Å². The van der Waals surface area contributed by atoms with Crippen LogP contribution >= 0.6 is 11.8 Å². The molecule has 0 N–H and O–H groups in total. The smallest absolute Gasteiger partial charge is 0.338 e. The van der Waals surface area contributed by atoms with Crippen LogP contribution in [-0.2, 0) is 14.3 Å². The Balaban J connectivity index is 1.91. The molecule has 3 rings (SSSR count). The predicted molar refractivity (Wildman–Crippen MR) is 119 cm³/mol. The van der Waals surface area contributed by atoms with Crippen molar-refractivity contribution in [3.63, 3.8) is 0 Å². The van der Waals surface area contributed by atoms with Gasteiger partial charge in [0.1, 0.15) is 12.4 Å². The van der Waals surface area contributed by atoms with Crippen molar-refractivity contribution in [2.75, 3.05) is 13.2 Å². The Hall–Kier alpha value is -2.54. The van der Waals surface area contributed by atoms with Crippen LogP contribution in [0.25, 0.3) is 0 Å². The molecule has 2 atom stereocenters. The third kappa shape index (κ3) is 4.61. The van der Waals surface area contributed by atoms with E-state index in [1.165, 1.54) is 17.8 Å². The van der Waals surface area contributed by atoms with Crippen LogP contribution in [-0.4, -0.2) is 40.4 Å². The first-order valence-corrected chi connectivity index (χ1v) is 11.2. The zero-order chi connectivity index (χ0) is 21.7. The van der Waals surface area contributed by atoms with Crippen LogP contribution in [0.3, 0.4) is 0 Å². The monoisotopic (exact) mass is 428 g/mol. The maximum Gasteiger partial charge on any atom is 0.338 e. The van der Waals surface area contributed by atoms with Crippen LogP contribution in [0.4, 0.5) is 0 Å². The minimum atomic E-state index is -0.575. The first kappa shape index (κ1) is 22.2. The summed E-state index contributed by atoms with van der Waals surface area (Å²) in [4.78, 5) is 31.9. The molecule has 7 heteroatoms. The van der Waals surface area contributed by atoms with Crippen molar-refractivity contribution in [3.8, 4) is 5.75 Å². The normalized spacial score (nSPS) is 20.7. The topological polar surface area (TPSA) is 68.2 Å². The molecule has 0 radical (unpaired) electrons. The minimum absolute atomic E-state index is 0.0647. The van der Waals surface area contributed by atoms with E-state index >= 15 is 0 Å². The lowest BCUT2D eigenvalue weighted by Crippen LogP contribution is -2.40. The quantitative estimate of drug-likeness (QED) is 0.326. The van der Waals surface area contributed by atoms with E-state index in [4.69, 9.17) is 9.47 Å². The predicted octanol–water partition coefficient (Wildman–Crippen LogP) is 4.63. The second-order valence-electron chi connectivity index (χ2n) is 7.28. The molecule has 0 spiro atoms. The Bertz CT molecular complexity index is 876. The Morgan fingerprint density at radius 1 is 1.30 bits per heavy atom. The number of carbonyl (C=O) groups is 2. The second-order valence-corrected chi connectivity index (χ2v) is 8.58. The van der Waals surface area contributed by atoms with Crippen molar-refractivity contribution in [1.82, 2.24) is 4.90 Å². The number of aliphatic imine (C=N–C) groups is 1. The number of fused-ring (bicyclic) bond motifs is 1. The second kappa shape index (κ2) is 9.98. The number of hydrogen-bond acceptors (Lipinski definition) is 6. The van der Waals surface area contributed by atoms with Gasteiger partial charge in [-0.05, 0) is 38.0 Å². The number of amidine groups is 1. The molecule has 30 heavy (non-hydrogen) atoms. The molecule has 0 saturated carbocycles. The largest absolute Gasteiger partial charge is 0.494 e. The molecular weight excluding hydrogens is 400 g/mol. The Kier molecular flexibility index (Phi) is 7.37. The van der Waals surface area contributed by atoms with Gasteiger partial charge < -0.3 is 9.47 Å². The number of amides is 1. The van der Waals surface area contributed by atoms with Crippen molar-refractivity contribution in [2.24, 2.45) is 4.99 Å². The fourth-order valence-corrected chi connectivity index (χ4v) is 4.51. The zero-order valence-electron chi connectivity index (χ0n) is 17.7. The molecule has 0 aliphatic carbocycles. The van der Waals surface area contributed by atoms with E-state index in [0.29, 0.717) is 23.0 Å². The van der Waals surface area contributed by atoms with Gasteiger partial charge in [0.2, 0.25) is 5.91 Å². The van der Waals surface area contributed by atoms with Crippen LogP contribution in [0, 0.1) is 0 Å². The summed E-state index contributed by atoms with van der Waals surface area (Å²) in [7, 11) is 0. The molecule has 1 fully saturated rings. The summed E-state index contributed by atoms with van der Waals surface area (Å²) in [5.74, 6) is 0.217. The first-order chi connectivity index (χ1) is 14.5. The van der Waals surface area contributed by atoms with Crippen LogP contribution in [0.5, 0.6) is 5.75 Å². The summed E-state index contributed by atoms with van der Waals surface area (Å²) < 4.78 is 11.1. The molecule has 0 aromatic heterocycles. The molecule has 1 aromatic carbocycles. The molecule has 1 aromatic rings. The van der Waals surface area contributed by atoms with E-state index in [0.717, 1.165) is 30.6 Å². The van der Waals surface area contributed by atoms with E-state index in [1.54, 1.807) is 11.8 Å². The number of benzene rings is 1. The summed E-state index contributed by atoms with van der Waals surface area (Å²) in [5.41, 5.74) is 1.76. The number of allylic oxidation sites excluding steroid dienone is 1. The Labute approximate surface area is 182 Å². The van der Waals surface area contributed by atoms with Crippen molar-refractivity contribution >= 4 is 28.8 Å². The van der Waals surface area contributed by atoms with Crippen molar-refractivity contribution < 1.29 is 19.1 Å². The van der Waals surface area contributed by atoms with Crippen molar-refractivity contribution in [1.29, 1.82) is 0 Å². The highest BCUT2D eigenvalue weighted by Gasteiger charge is 2.46. The Morgan fingerprint density at radius 3 is 2.70 bits per heavy atom. The number of thioether (sulfide) groups is 1. The molecule has 6 nitrogen and oxygen atoms in total. The molecular formula is C23H28N2O4S. The van der Waals surface area contributed by atoms with Gasteiger partial charge in [-0.3, -0.25) is 9.69 Å². The third-order valence-corrected chi connectivity index (χ3v) is 6.08. The molecule has 1 amide bonds. The molecule has 2 aliphatic rings. The van der Waals surface area contributed by atoms with E-state index in [1.807, 2.05) is 31.2 Å². The van der Waals surface area contributed by atoms with E-state index in [9.17, 15) is 9.59 Å². The SMILES string of the molecule is C=CCOC(=O)C1=C(C)N=C2SC(C)C(=O)N2C1c1ccc(OCCCCC)cc1. The maximum absolute atomic E-state index is 12.9. The lowest BCUT2D eigenvalue weighted by Gasteiger charge is -2.33. The fourth-order valence-electron chi connectivity index (χ4n) is 3.48. The number of carbonyl (C=O) groups excluding carboxylic acids is 2. The number of unbranched alkanes of at least 4 members (excludes halogenated alkanes) is 2.